The summed E-state index contributed by atoms with van der Waals surface area (Å²) >= 11 is 0. The number of fused-ring (bicyclic) bond motifs is 1. The molecular formula is C24H34O2. The van der Waals surface area contributed by atoms with Crippen LogP contribution in [0.4, 0.5) is 0 Å². The van der Waals surface area contributed by atoms with E-state index >= 15 is 0 Å². The van der Waals surface area contributed by atoms with Crippen LogP contribution in [-0.2, 0) is 16.0 Å². The van der Waals surface area contributed by atoms with Crippen LogP contribution in [-0.4, -0.2) is 12.1 Å². The zero-order chi connectivity index (χ0) is 18.6. The number of benzene rings is 2. The van der Waals surface area contributed by atoms with E-state index in [0.717, 1.165) is 31.2 Å². The standard InChI is InChI=1S/C24H34O2/c1-3-5-6-7-8-9-15-23(12-4-2)26-24(25)19-20-16-17-21-13-10-11-14-22(21)18-20/h10-11,13-14,16-18,23H,3-9,12,15,19H2,1-2H3. The minimum atomic E-state index is -0.0929. The van der Waals surface area contributed by atoms with Gasteiger partial charge in [-0.05, 0) is 35.6 Å². The van der Waals surface area contributed by atoms with Crippen molar-refractivity contribution in [3.05, 3.63) is 48.0 Å². The Kier molecular flexibility index (Phi) is 9.23. The summed E-state index contributed by atoms with van der Waals surface area (Å²) in [6.07, 6.45) is 11.1. The third-order valence-electron chi connectivity index (χ3n) is 4.95. The Morgan fingerprint density at radius 1 is 0.846 bits per heavy atom. The minimum absolute atomic E-state index is 0.0825. The largest absolute Gasteiger partial charge is 0.462 e. The van der Waals surface area contributed by atoms with E-state index < -0.39 is 0 Å². The van der Waals surface area contributed by atoms with Gasteiger partial charge in [0.25, 0.3) is 0 Å². The van der Waals surface area contributed by atoms with Gasteiger partial charge in [0.15, 0.2) is 0 Å². The highest BCUT2D eigenvalue weighted by Gasteiger charge is 2.14. The Bertz CT molecular complexity index is 662. The van der Waals surface area contributed by atoms with Gasteiger partial charge >= 0.3 is 5.97 Å². The summed E-state index contributed by atoms with van der Waals surface area (Å²) in [4.78, 5) is 12.4. The van der Waals surface area contributed by atoms with Gasteiger partial charge in [-0.3, -0.25) is 4.79 Å². The van der Waals surface area contributed by atoms with Gasteiger partial charge < -0.3 is 4.74 Å². The summed E-state index contributed by atoms with van der Waals surface area (Å²) < 4.78 is 5.80. The van der Waals surface area contributed by atoms with Crippen LogP contribution in [0.25, 0.3) is 10.8 Å². The van der Waals surface area contributed by atoms with Crippen LogP contribution < -0.4 is 0 Å². The maximum atomic E-state index is 12.4. The van der Waals surface area contributed by atoms with Crippen LogP contribution in [0.5, 0.6) is 0 Å². The predicted octanol–water partition coefficient (Wildman–Crippen LogP) is 6.84. The van der Waals surface area contributed by atoms with Crippen molar-refractivity contribution in [1.82, 2.24) is 0 Å². The number of hydrogen-bond donors (Lipinski definition) is 0. The highest BCUT2D eigenvalue weighted by Crippen LogP contribution is 2.18. The normalized spacial score (nSPS) is 12.2. The zero-order valence-electron chi connectivity index (χ0n) is 16.5. The molecule has 0 saturated carbocycles. The molecule has 0 bridgehead atoms. The molecule has 0 aliphatic carbocycles. The average Bonchev–Trinajstić information content (AvgIpc) is 2.64. The minimum Gasteiger partial charge on any atom is -0.462 e. The molecule has 0 heterocycles. The Morgan fingerprint density at radius 3 is 2.35 bits per heavy atom. The van der Waals surface area contributed by atoms with E-state index in [2.05, 4.69) is 38.1 Å². The first-order valence-corrected chi connectivity index (χ1v) is 10.4. The molecule has 0 radical (unpaired) electrons. The molecule has 1 unspecified atom stereocenters. The van der Waals surface area contributed by atoms with Crippen LogP contribution in [0, 0.1) is 0 Å². The number of hydrogen-bond acceptors (Lipinski definition) is 2. The summed E-state index contributed by atoms with van der Waals surface area (Å²) in [5, 5.41) is 2.38. The quantitative estimate of drug-likeness (QED) is 0.308. The summed E-state index contributed by atoms with van der Waals surface area (Å²) in [7, 11) is 0. The summed E-state index contributed by atoms with van der Waals surface area (Å²) in [5.41, 5.74) is 1.03. The van der Waals surface area contributed by atoms with E-state index in [9.17, 15) is 4.79 Å². The molecule has 2 heteroatoms. The molecule has 0 amide bonds. The zero-order valence-corrected chi connectivity index (χ0v) is 16.5. The fourth-order valence-electron chi connectivity index (χ4n) is 3.48. The van der Waals surface area contributed by atoms with Gasteiger partial charge in [0.1, 0.15) is 6.10 Å². The number of esters is 1. The Balaban J connectivity index is 1.80. The molecular weight excluding hydrogens is 320 g/mol. The second kappa shape index (κ2) is 11.7. The first-order chi connectivity index (χ1) is 12.7. The highest BCUT2D eigenvalue weighted by molar-refractivity contribution is 5.84. The van der Waals surface area contributed by atoms with Crippen LogP contribution in [0.3, 0.4) is 0 Å². The average molecular weight is 355 g/mol. The first kappa shape index (κ1) is 20.5. The van der Waals surface area contributed by atoms with Gasteiger partial charge in [0.05, 0.1) is 6.42 Å². The molecule has 0 fully saturated rings. The molecule has 26 heavy (non-hydrogen) atoms. The van der Waals surface area contributed by atoms with Crippen molar-refractivity contribution < 1.29 is 9.53 Å². The molecule has 0 aromatic heterocycles. The van der Waals surface area contributed by atoms with Gasteiger partial charge in [0.2, 0.25) is 0 Å². The number of carbonyl (C=O) groups excluding carboxylic acids is 1. The Morgan fingerprint density at radius 2 is 1.58 bits per heavy atom. The lowest BCUT2D eigenvalue weighted by Gasteiger charge is -2.17. The molecule has 2 aromatic carbocycles. The summed E-state index contributed by atoms with van der Waals surface area (Å²) in [6.45, 7) is 4.40. The van der Waals surface area contributed by atoms with Crippen LogP contribution in [0.1, 0.15) is 77.2 Å². The molecule has 0 aliphatic rings. The third kappa shape index (κ3) is 7.19. The van der Waals surface area contributed by atoms with Crippen molar-refractivity contribution in [2.45, 2.75) is 84.2 Å². The molecule has 2 aromatic rings. The lowest BCUT2D eigenvalue weighted by molar-refractivity contribution is -0.149. The first-order valence-electron chi connectivity index (χ1n) is 10.4. The Labute approximate surface area is 158 Å². The van der Waals surface area contributed by atoms with Crippen molar-refractivity contribution >= 4 is 16.7 Å². The van der Waals surface area contributed by atoms with E-state index in [1.165, 1.54) is 42.9 Å². The van der Waals surface area contributed by atoms with Crippen molar-refractivity contribution in [2.75, 3.05) is 0 Å². The second-order valence-corrected chi connectivity index (χ2v) is 7.32. The van der Waals surface area contributed by atoms with Crippen LogP contribution in [0.2, 0.25) is 0 Å². The van der Waals surface area contributed by atoms with Crippen molar-refractivity contribution in [3.8, 4) is 0 Å². The second-order valence-electron chi connectivity index (χ2n) is 7.32. The molecule has 2 nitrogen and oxygen atoms in total. The fourth-order valence-corrected chi connectivity index (χ4v) is 3.48. The highest BCUT2D eigenvalue weighted by atomic mass is 16.5. The third-order valence-corrected chi connectivity index (χ3v) is 4.95. The molecule has 0 N–H and O–H groups in total. The lowest BCUT2D eigenvalue weighted by Crippen LogP contribution is -2.19. The van der Waals surface area contributed by atoms with E-state index in [0.29, 0.717) is 6.42 Å². The number of unbranched alkanes of at least 4 members (excludes halogenated alkanes) is 5. The summed E-state index contributed by atoms with van der Waals surface area (Å²) in [6, 6.07) is 14.5. The number of ether oxygens (including phenoxy) is 1. The molecule has 0 aliphatic heterocycles. The maximum Gasteiger partial charge on any atom is 0.310 e. The number of carbonyl (C=O) groups is 1. The van der Waals surface area contributed by atoms with E-state index in [4.69, 9.17) is 4.74 Å². The predicted molar refractivity (Wildman–Crippen MR) is 110 cm³/mol. The van der Waals surface area contributed by atoms with Crippen LogP contribution >= 0.6 is 0 Å². The van der Waals surface area contributed by atoms with Crippen molar-refractivity contribution in [2.24, 2.45) is 0 Å². The van der Waals surface area contributed by atoms with Crippen molar-refractivity contribution in [3.63, 3.8) is 0 Å². The molecule has 0 saturated heterocycles. The van der Waals surface area contributed by atoms with E-state index in [1.54, 1.807) is 0 Å². The SMILES string of the molecule is CCCCCCCCC(CCC)OC(=O)Cc1ccc2ccccc2c1. The molecule has 1 atom stereocenters. The molecule has 0 spiro atoms. The topological polar surface area (TPSA) is 26.3 Å². The van der Waals surface area contributed by atoms with E-state index in [-0.39, 0.29) is 12.1 Å². The van der Waals surface area contributed by atoms with E-state index in [1.807, 2.05) is 18.2 Å². The van der Waals surface area contributed by atoms with Gasteiger partial charge in [-0.25, -0.2) is 0 Å². The number of rotatable bonds is 12. The van der Waals surface area contributed by atoms with Crippen LogP contribution in [0.15, 0.2) is 42.5 Å². The molecule has 2 rings (SSSR count). The van der Waals surface area contributed by atoms with Gasteiger partial charge in [-0.2, -0.15) is 0 Å². The van der Waals surface area contributed by atoms with Gasteiger partial charge in [-0.1, -0.05) is 94.8 Å². The van der Waals surface area contributed by atoms with Gasteiger partial charge in [-0.15, -0.1) is 0 Å². The summed E-state index contributed by atoms with van der Waals surface area (Å²) in [5.74, 6) is -0.0929. The monoisotopic (exact) mass is 354 g/mol. The van der Waals surface area contributed by atoms with Crippen molar-refractivity contribution in [1.29, 1.82) is 0 Å². The lowest BCUT2D eigenvalue weighted by atomic mass is 10.0. The molecule has 142 valence electrons. The fraction of sp³-hybridized carbons (Fsp3) is 0.542. The Hall–Kier alpha value is -1.83. The van der Waals surface area contributed by atoms with Gasteiger partial charge in [0, 0.05) is 0 Å². The smallest absolute Gasteiger partial charge is 0.310 e. The maximum absolute atomic E-state index is 12.4.